The number of rotatable bonds is 5. The van der Waals surface area contributed by atoms with Gasteiger partial charge in [0.25, 0.3) is 0 Å². The number of thiazole rings is 1. The molecule has 0 atom stereocenters. The van der Waals surface area contributed by atoms with E-state index in [1.807, 2.05) is 47.8 Å². The normalized spacial score (nSPS) is 10.4. The van der Waals surface area contributed by atoms with Gasteiger partial charge in [0.2, 0.25) is 0 Å². The number of nitrogens with zero attached hydrogens (tertiary/aromatic N) is 1. The van der Waals surface area contributed by atoms with Gasteiger partial charge < -0.3 is 14.8 Å². The number of hydrogen-bond donors (Lipinski definition) is 1. The molecular formula is C17H15BrN2O2S. The Bertz CT molecular complexity index is 820. The molecule has 6 heteroatoms. The number of para-hydroxylation sites is 2. The van der Waals surface area contributed by atoms with Crippen LogP contribution in [0.2, 0.25) is 0 Å². The Hall–Kier alpha value is -2.05. The average molecular weight is 391 g/mol. The summed E-state index contributed by atoms with van der Waals surface area (Å²) in [4.78, 5) is 4.64. The number of anilines is 2. The van der Waals surface area contributed by atoms with E-state index in [4.69, 9.17) is 9.47 Å². The SMILES string of the molecule is COc1ccc(-c2csc(Nc3ccccc3OC)n2)cc1Br. The minimum absolute atomic E-state index is 0.788. The fraction of sp³-hybridized carbons (Fsp3) is 0.118. The molecule has 2 aromatic carbocycles. The lowest BCUT2D eigenvalue weighted by atomic mass is 10.2. The van der Waals surface area contributed by atoms with E-state index >= 15 is 0 Å². The molecule has 0 radical (unpaired) electrons. The molecule has 0 aliphatic carbocycles. The van der Waals surface area contributed by atoms with Gasteiger partial charge in [0.05, 0.1) is 30.1 Å². The van der Waals surface area contributed by atoms with Gasteiger partial charge in [-0.25, -0.2) is 4.98 Å². The second-order valence-electron chi connectivity index (χ2n) is 4.71. The first-order valence-corrected chi connectivity index (χ1v) is 8.58. The number of halogens is 1. The van der Waals surface area contributed by atoms with E-state index < -0.39 is 0 Å². The first-order valence-electron chi connectivity index (χ1n) is 6.90. The summed E-state index contributed by atoms with van der Waals surface area (Å²) in [7, 11) is 3.31. The lowest BCUT2D eigenvalue weighted by molar-refractivity contribution is 0.412. The summed E-state index contributed by atoms with van der Waals surface area (Å²) in [5.41, 5.74) is 2.84. The zero-order valence-corrected chi connectivity index (χ0v) is 15.1. The van der Waals surface area contributed by atoms with Crippen molar-refractivity contribution in [3.63, 3.8) is 0 Å². The molecule has 4 nitrogen and oxygen atoms in total. The quantitative estimate of drug-likeness (QED) is 0.638. The van der Waals surface area contributed by atoms with Gasteiger partial charge in [0, 0.05) is 10.9 Å². The van der Waals surface area contributed by atoms with E-state index in [0.29, 0.717) is 0 Å². The molecule has 0 fully saturated rings. The highest BCUT2D eigenvalue weighted by molar-refractivity contribution is 9.10. The lowest BCUT2D eigenvalue weighted by Gasteiger charge is -2.08. The van der Waals surface area contributed by atoms with Gasteiger partial charge in [-0.2, -0.15) is 0 Å². The molecule has 0 bridgehead atoms. The average Bonchev–Trinajstić information content (AvgIpc) is 3.04. The van der Waals surface area contributed by atoms with Crippen LogP contribution < -0.4 is 14.8 Å². The van der Waals surface area contributed by atoms with Crippen molar-refractivity contribution in [3.8, 4) is 22.8 Å². The number of hydrogen-bond acceptors (Lipinski definition) is 5. The predicted octanol–water partition coefficient (Wildman–Crippen LogP) is 5.33. The summed E-state index contributed by atoms with van der Waals surface area (Å²) < 4.78 is 11.5. The van der Waals surface area contributed by atoms with E-state index in [1.54, 1.807) is 25.6 Å². The Morgan fingerprint density at radius 1 is 1.04 bits per heavy atom. The van der Waals surface area contributed by atoms with Crippen LogP contribution >= 0.6 is 27.3 Å². The number of ether oxygens (including phenoxy) is 2. The van der Waals surface area contributed by atoms with Crippen LogP contribution in [0.25, 0.3) is 11.3 Å². The number of benzene rings is 2. The maximum absolute atomic E-state index is 5.34. The Balaban J connectivity index is 1.84. The first-order chi connectivity index (χ1) is 11.2. The predicted molar refractivity (Wildman–Crippen MR) is 98.1 cm³/mol. The molecule has 118 valence electrons. The smallest absolute Gasteiger partial charge is 0.187 e. The summed E-state index contributed by atoms with van der Waals surface area (Å²) in [5.74, 6) is 1.59. The molecule has 1 heterocycles. The summed E-state index contributed by atoms with van der Waals surface area (Å²) in [5, 5.41) is 6.13. The monoisotopic (exact) mass is 390 g/mol. The summed E-state index contributed by atoms with van der Waals surface area (Å²) in [6, 6.07) is 13.7. The third kappa shape index (κ3) is 3.48. The molecule has 1 aromatic heterocycles. The number of methoxy groups -OCH3 is 2. The molecule has 0 amide bonds. The standard InChI is InChI=1S/C17H15BrN2O2S/c1-21-15-8-7-11(9-12(15)18)14-10-23-17(20-14)19-13-5-3-4-6-16(13)22-2/h3-10H,1-2H3,(H,19,20). The van der Waals surface area contributed by atoms with Gasteiger partial charge in [-0.15, -0.1) is 11.3 Å². The molecule has 0 unspecified atom stereocenters. The molecule has 23 heavy (non-hydrogen) atoms. The van der Waals surface area contributed by atoms with Crippen molar-refractivity contribution in [2.75, 3.05) is 19.5 Å². The zero-order chi connectivity index (χ0) is 16.2. The third-order valence-electron chi connectivity index (χ3n) is 3.30. The fourth-order valence-electron chi connectivity index (χ4n) is 2.15. The van der Waals surface area contributed by atoms with Crippen molar-refractivity contribution in [1.82, 2.24) is 4.98 Å². The van der Waals surface area contributed by atoms with Crippen LogP contribution in [0, 0.1) is 0 Å². The highest BCUT2D eigenvalue weighted by atomic mass is 79.9. The first kappa shape index (κ1) is 15.8. The van der Waals surface area contributed by atoms with Crippen molar-refractivity contribution < 1.29 is 9.47 Å². The molecular weight excluding hydrogens is 376 g/mol. The minimum Gasteiger partial charge on any atom is -0.496 e. The van der Waals surface area contributed by atoms with Crippen molar-refractivity contribution in [1.29, 1.82) is 0 Å². The van der Waals surface area contributed by atoms with Crippen molar-refractivity contribution in [2.45, 2.75) is 0 Å². The summed E-state index contributed by atoms with van der Waals surface area (Å²) in [6.45, 7) is 0. The second kappa shape index (κ2) is 7.02. The molecule has 0 aliphatic heterocycles. The maximum Gasteiger partial charge on any atom is 0.187 e. The number of aromatic nitrogens is 1. The Labute approximate surface area is 147 Å². The van der Waals surface area contributed by atoms with Crippen LogP contribution in [-0.2, 0) is 0 Å². The summed E-state index contributed by atoms with van der Waals surface area (Å²) in [6.07, 6.45) is 0. The number of nitrogens with one attached hydrogen (secondary N) is 1. The van der Waals surface area contributed by atoms with Gasteiger partial charge in [-0.05, 0) is 46.3 Å². The highest BCUT2D eigenvalue weighted by Crippen LogP contribution is 2.34. The highest BCUT2D eigenvalue weighted by Gasteiger charge is 2.09. The van der Waals surface area contributed by atoms with Gasteiger partial charge in [0.1, 0.15) is 11.5 Å². The van der Waals surface area contributed by atoms with E-state index in [2.05, 4.69) is 26.2 Å². The maximum atomic E-state index is 5.34. The minimum atomic E-state index is 0.788. The molecule has 0 saturated carbocycles. The summed E-state index contributed by atoms with van der Waals surface area (Å²) >= 11 is 5.05. The van der Waals surface area contributed by atoms with Crippen LogP contribution in [-0.4, -0.2) is 19.2 Å². The van der Waals surface area contributed by atoms with Crippen molar-refractivity contribution in [3.05, 3.63) is 52.3 Å². The molecule has 0 saturated heterocycles. The molecule has 0 spiro atoms. The van der Waals surface area contributed by atoms with Crippen LogP contribution in [0.15, 0.2) is 52.3 Å². The van der Waals surface area contributed by atoms with Gasteiger partial charge in [0.15, 0.2) is 5.13 Å². The van der Waals surface area contributed by atoms with E-state index in [-0.39, 0.29) is 0 Å². The van der Waals surface area contributed by atoms with E-state index in [9.17, 15) is 0 Å². The van der Waals surface area contributed by atoms with Crippen molar-refractivity contribution in [2.24, 2.45) is 0 Å². The topological polar surface area (TPSA) is 43.4 Å². The Morgan fingerprint density at radius 2 is 1.83 bits per heavy atom. The molecule has 3 rings (SSSR count). The van der Waals surface area contributed by atoms with E-state index in [0.717, 1.165) is 38.0 Å². The van der Waals surface area contributed by atoms with Crippen LogP contribution in [0.5, 0.6) is 11.5 Å². The zero-order valence-electron chi connectivity index (χ0n) is 12.7. The molecule has 3 aromatic rings. The van der Waals surface area contributed by atoms with Crippen LogP contribution in [0.4, 0.5) is 10.8 Å². The third-order valence-corrected chi connectivity index (χ3v) is 4.68. The van der Waals surface area contributed by atoms with E-state index in [1.165, 1.54) is 0 Å². The second-order valence-corrected chi connectivity index (χ2v) is 6.42. The fourth-order valence-corrected chi connectivity index (χ4v) is 3.43. The van der Waals surface area contributed by atoms with Gasteiger partial charge in [-0.1, -0.05) is 12.1 Å². The van der Waals surface area contributed by atoms with Gasteiger partial charge >= 0.3 is 0 Å². The largest absolute Gasteiger partial charge is 0.496 e. The Kier molecular flexibility index (Phi) is 4.83. The molecule has 1 N–H and O–H groups in total. The van der Waals surface area contributed by atoms with Crippen molar-refractivity contribution >= 4 is 38.1 Å². The van der Waals surface area contributed by atoms with Gasteiger partial charge in [-0.3, -0.25) is 0 Å². The Morgan fingerprint density at radius 3 is 2.57 bits per heavy atom. The van der Waals surface area contributed by atoms with Crippen LogP contribution in [0.1, 0.15) is 0 Å². The lowest BCUT2D eigenvalue weighted by Crippen LogP contribution is -1.93. The molecule has 0 aliphatic rings. The van der Waals surface area contributed by atoms with Crippen LogP contribution in [0.3, 0.4) is 0 Å².